The molecule has 1 amide bonds. The van der Waals surface area contributed by atoms with E-state index in [-0.39, 0.29) is 11.7 Å². The monoisotopic (exact) mass is 308 g/mol. The van der Waals surface area contributed by atoms with Crippen LogP contribution < -0.4 is 9.62 Å². The van der Waals surface area contributed by atoms with Crippen molar-refractivity contribution in [3.63, 3.8) is 0 Å². The van der Waals surface area contributed by atoms with Gasteiger partial charge in [-0.1, -0.05) is 12.2 Å². The van der Waals surface area contributed by atoms with Crippen LogP contribution in [0.15, 0.2) is 30.4 Å². The predicted molar refractivity (Wildman–Crippen MR) is 84.1 cm³/mol. The molecule has 0 radical (unpaired) electrons. The number of nitrogens with zero attached hydrogens (tertiary/aromatic N) is 1. The van der Waals surface area contributed by atoms with Gasteiger partial charge in [0.15, 0.2) is 0 Å². The smallest absolute Gasteiger partial charge is 0.251 e. The highest BCUT2D eigenvalue weighted by molar-refractivity contribution is 7.93. The van der Waals surface area contributed by atoms with Crippen molar-refractivity contribution in [2.45, 2.75) is 20.3 Å². The van der Waals surface area contributed by atoms with E-state index in [9.17, 15) is 13.2 Å². The number of hydrogen-bond donors (Lipinski definition) is 1. The molecule has 0 aromatic heterocycles. The first-order valence-corrected chi connectivity index (χ1v) is 8.46. The van der Waals surface area contributed by atoms with Gasteiger partial charge < -0.3 is 5.32 Å². The van der Waals surface area contributed by atoms with Gasteiger partial charge in [0.05, 0.1) is 11.4 Å². The van der Waals surface area contributed by atoms with Crippen LogP contribution in [0.4, 0.5) is 5.69 Å². The molecular weight excluding hydrogens is 288 g/mol. The Morgan fingerprint density at radius 2 is 2.14 bits per heavy atom. The number of sulfonamides is 1. The van der Waals surface area contributed by atoms with E-state index in [2.05, 4.69) is 11.9 Å². The fourth-order valence-electron chi connectivity index (χ4n) is 2.31. The highest BCUT2D eigenvalue weighted by Gasteiger charge is 2.28. The van der Waals surface area contributed by atoms with Gasteiger partial charge in [0.2, 0.25) is 10.0 Å². The highest BCUT2D eigenvalue weighted by Crippen LogP contribution is 2.26. The first kappa shape index (κ1) is 15.6. The molecule has 0 bridgehead atoms. The van der Waals surface area contributed by atoms with Crippen molar-refractivity contribution in [2.75, 3.05) is 23.1 Å². The molecule has 1 N–H and O–H groups in total. The Morgan fingerprint density at radius 3 is 2.67 bits per heavy atom. The Bertz CT molecular complexity index is 680. The summed E-state index contributed by atoms with van der Waals surface area (Å²) in [5, 5.41) is 2.77. The lowest BCUT2D eigenvalue weighted by Gasteiger charge is -2.18. The molecule has 21 heavy (non-hydrogen) atoms. The van der Waals surface area contributed by atoms with Crippen LogP contribution in [0.25, 0.3) is 0 Å². The molecule has 1 aromatic carbocycles. The Balaban J connectivity index is 2.22. The number of anilines is 1. The minimum absolute atomic E-state index is 0.175. The summed E-state index contributed by atoms with van der Waals surface area (Å²) in [4.78, 5) is 12.0. The number of hydrogen-bond acceptors (Lipinski definition) is 3. The highest BCUT2D eigenvalue weighted by atomic mass is 32.2. The fourth-order valence-corrected chi connectivity index (χ4v) is 3.87. The lowest BCUT2D eigenvalue weighted by Crippen LogP contribution is -2.27. The van der Waals surface area contributed by atoms with E-state index in [1.807, 2.05) is 13.8 Å². The van der Waals surface area contributed by atoms with Crippen molar-refractivity contribution in [1.82, 2.24) is 5.32 Å². The van der Waals surface area contributed by atoms with Crippen molar-refractivity contribution in [1.29, 1.82) is 0 Å². The van der Waals surface area contributed by atoms with E-state index in [4.69, 9.17) is 0 Å². The summed E-state index contributed by atoms with van der Waals surface area (Å²) in [5.41, 5.74) is 2.81. The number of nitrogens with one attached hydrogen (secondary N) is 1. The number of amides is 1. The van der Waals surface area contributed by atoms with Gasteiger partial charge in [-0.25, -0.2) is 8.42 Å². The van der Waals surface area contributed by atoms with Gasteiger partial charge in [-0.3, -0.25) is 9.10 Å². The summed E-state index contributed by atoms with van der Waals surface area (Å²) in [7, 11) is -3.19. The lowest BCUT2D eigenvalue weighted by atomic mass is 10.1. The van der Waals surface area contributed by atoms with Crippen molar-refractivity contribution in [3.8, 4) is 0 Å². The Labute approximate surface area is 125 Å². The van der Waals surface area contributed by atoms with Crippen LogP contribution in [0.3, 0.4) is 0 Å². The molecule has 1 aromatic rings. The van der Waals surface area contributed by atoms with Gasteiger partial charge in [0.25, 0.3) is 5.91 Å². The summed E-state index contributed by atoms with van der Waals surface area (Å²) in [6, 6.07) is 5.11. The number of rotatable bonds is 4. The summed E-state index contributed by atoms with van der Waals surface area (Å²) in [5.74, 6) is 0.0127. The first-order valence-electron chi connectivity index (χ1n) is 6.85. The molecule has 6 heteroatoms. The fraction of sp³-hybridized carbons (Fsp3) is 0.400. The zero-order chi connectivity index (χ0) is 15.6. The normalized spacial score (nSPS) is 16.8. The van der Waals surface area contributed by atoms with Crippen LogP contribution in [0.2, 0.25) is 0 Å². The maximum atomic E-state index is 12.0. The van der Waals surface area contributed by atoms with E-state index >= 15 is 0 Å². The second-order valence-electron chi connectivity index (χ2n) is 5.38. The van der Waals surface area contributed by atoms with E-state index in [0.717, 1.165) is 11.1 Å². The van der Waals surface area contributed by atoms with Crippen molar-refractivity contribution in [2.24, 2.45) is 0 Å². The van der Waals surface area contributed by atoms with Crippen LogP contribution in [-0.4, -0.2) is 33.2 Å². The summed E-state index contributed by atoms with van der Waals surface area (Å²) in [6.45, 7) is 8.32. The Morgan fingerprint density at radius 1 is 1.43 bits per heavy atom. The van der Waals surface area contributed by atoms with Crippen LogP contribution in [0.1, 0.15) is 29.3 Å². The van der Waals surface area contributed by atoms with E-state index < -0.39 is 10.0 Å². The van der Waals surface area contributed by atoms with Gasteiger partial charge in [-0.05, 0) is 44.0 Å². The predicted octanol–water partition coefficient (Wildman–Crippen LogP) is 1.84. The molecule has 1 heterocycles. The minimum Gasteiger partial charge on any atom is -0.348 e. The molecule has 0 unspecified atom stereocenters. The van der Waals surface area contributed by atoms with Crippen LogP contribution >= 0.6 is 0 Å². The van der Waals surface area contributed by atoms with Crippen LogP contribution in [0, 0.1) is 6.92 Å². The number of carbonyl (C=O) groups excluding carboxylic acids is 1. The number of aryl methyl sites for hydroxylation is 1. The first-order chi connectivity index (χ1) is 9.81. The maximum Gasteiger partial charge on any atom is 0.251 e. The Kier molecular flexibility index (Phi) is 4.37. The quantitative estimate of drug-likeness (QED) is 0.863. The van der Waals surface area contributed by atoms with Gasteiger partial charge in [0, 0.05) is 18.7 Å². The summed E-state index contributed by atoms with van der Waals surface area (Å²) < 4.78 is 25.2. The van der Waals surface area contributed by atoms with Crippen LogP contribution in [0.5, 0.6) is 0 Å². The molecule has 1 fully saturated rings. The average molecular weight is 308 g/mol. The van der Waals surface area contributed by atoms with Gasteiger partial charge in [0.1, 0.15) is 0 Å². The molecule has 1 saturated heterocycles. The molecule has 114 valence electrons. The topological polar surface area (TPSA) is 66.5 Å². The van der Waals surface area contributed by atoms with Gasteiger partial charge in [-0.15, -0.1) is 0 Å². The SMILES string of the molecule is C=C(C)CNC(=O)c1ccc(N2CCCS2(=O)=O)cc1C. The number of benzene rings is 1. The molecule has 2 rings (SSSR count). The van der Waals surface area contributed by atoms with E-state index in [1.54, 1.807) is 18.2 Å². The molecule has 0 spiro atoms. The standard InChI is InChI=1S/C15H20N2O3S/c1-11(2)10-16-15(18)14-6-5-13(9-12(14)3)17-7-4-8-21(17,19)20/h5-6,9H,1,4,7-8,10H2,2-3H3,(H,16,18). The molecular formula is C15H20N2O3S. The zero-order valence-corrected chi connectivity index (χ0v) is 13.2. The molecule has 0 saturated carbocycles. The number of carbonyl (C=O) groups is 1. The van der Waals surface area contributed by atoms with E-state index in [0.29, 0.717) is 30.8 Å². The minimum atomic E-state index is -3.19. The molecule has 5 nitrogen and oxygen atoms in total. The van der Waals surface area contributed by atoms with Gasteiger partial charge in [-0.2, -0.15) is 0 Å². The maximum absolute atomic E-state index is 12.0. The van der Waals surface area contributed by atoms with Gasteiger partial charge >= 0.3 is 0 Å². The van der Waals surface area contributed by atoms with E-state index in [1.165, 1.54) is 4.31 Å². The third kappa shape index (κ3) is 3.44. The Hall–Kier alpha value is -1.82. The third-order valence-corrected chi connectivity index (χ3v) is 5.26. The second kappa shape index (κ2) is 5.89. The molecule has 1 aliphatic rings. The second-order valence-corrected chi connectivity index (χ2v) is 7.39. The van der Waals surface area contributed by atoms with Crippen molar-refractivity contribution in [3.05, 3.63) is 41.5 Å². The van der Waals surface area contributed by atoms with Crippen LogP contribution in [-0.2, 0) is 10.0 Å². The zero-order valence-electron chi connectivity index (χ0n) is 12.3. The third-order valence-electron chi connectivity index (χ3n) is 3.39. The summed E-state index contributed by atoms with van der Waals surface area (Å²) >= 11 is 0. The average Bonchev–Trinajstić information content (AvgIpc) is 2.75. The molecule has 1 aliphatic heterocycles. The van der Waals surface area contributed by atoms with Crippen molar-refractivity contribution < 1.29 is 13.2 Å². The molecule has 0 aliphatic carbocycles. The van der Waals surface area contributed by atoms with Crippen molar-refractivity contribution >= 4 is 21.6 Å². The summed E-state index contributed by atoms with van der Waals surface area (Å²) in [6.07, 6.45) is 0.641. The largest absolute Gasteiger partial charge is 0.348 e. The lowest BCUT2D eigenvalue weighted by molar-refractivity contribution is 0.0956. The molecule has 0 atom stereocenters.